The zero-order valence-corrected chi connectivity index (χ0v) is 18.7. The Morgan fingerprint density at radius 1 is 1.19 bits per heavy atom. The molecule has 0 atom stereocenters. The first-order valence-electron chi connectivity index (χ1n) is 11.2. The first-order valence-corrected chi connectivity index (χ1v) is 11.2. The Kier molecular flexibility index (Phi) is 7.17. The fraction of sp³-hybridized carbons (Fsp3) is 0.400. The lowest BCUT2D eigenvalue weighted by Crippen LogP contribution is -2.40. The van der Waals surface area contributed by atoms with Crippen LogP contribution in [0.25, 0.3) is 11.4 Å². The van der Waals surface area contributed by atoms with Crippen molar-refractivity contribution in [2.45, 2.75) is 39.8 Å². The first kappa shape index (κ1) is 22.0. The topological polar surface area (TPSA) is 80.5 Å². The molecule has 0 radical (unpaired) electrons. The van der Waals surface area contributed by atoms with Gasteiger partial charge < -0.3 is 14.6 Å². The van der Waals surface area contributed by atoms with E-state index in [0.29, 0.717) is 31.4 Å². The fourth-order valence-corrected chi connectivity index (χ4v) is 3.93. The van der Waals surface area contributed by atoms with Crippen LogP contribution in [0.5, 0.6) is 5.75 Å². The number of benzene rings is 2. The number of hydrogen-bond acceptors (Lipinski definition) is 6. The molecule has 1 aliphatic rings. The number of hydrogen-bond donors (Lipinski definition) is 1. The SMILES string of the molecule is CCOc1cccc(CNC(=O)C2CCN(Cc3nc(-c4ccc(C)cc4)no3)CC2)c1. The number of nitrogens with zero attached hydrogens (tertiary/aromatic N) is 3. The molecule has 7 nitrogen and oxygen atoms in total. The van der Waals surface area contributed by atoms with Crippen LogP contribution < -0.4 is 10.1 Å². The first-order chi connectivity index (χ1) is 15.6. The smallest absolute Gasteiger partial charge is 0.241 e. The summed E-state index contributed by atoms with van der Waals surface area (Å²) in [4.78, 5) is 19.4. The van der Waals surface area contributed by atoms with Gasteiger partial charge >= 0.3 is 0 Å². The minimum Gasteiger partial charge on any atom is -0.494 e. The average molecular weight is 435 g/mol. The summed E-state index contributed by atoms with van der Waals surface area (Å²) >= 11 is 0. The molecule has 7 heteroatoms. The summed E-state index contributed by atoms with van der Waals surface area (Å²) in [5.74, 6) is 2.21. The van der Waals surface area contributed by atoms with Gasteiger partial charge in [-0.05, 0) is 57.5 Å². The number of carbonyl (C=O) groups excluding carboxylic acids is 1. The molecule has 1 amide bonds. The Morgan fingerprint density at radius 3 is 2.72 bits per heavy atom. The van der Waals surface area contributed by atoms with Crippen molar-refractivity contribution in [1.29, 1.82) is 0 Å². The molecule has 2 aromatic carbocycles. The Morgan fingerprint density at radius 2 is 1.97 bits per heavy atom. The van der Waals surface area contributed by atoms with Crippen LogP contribution in [0.4, 0.5) is 0 Å². The maximum atomic E-state index is 12.6. The molecule has 0 spiro atoms. The van der Waals surface area contributed by atoms with Crippen molar-refractivity contribution in [2.24, 2.45) is 5.92 Å². The number of aromatic nitrogens is 2. The fourth-order valence-electron chi connectivity index (χ4n) is 3.93. The van der Waals surface area contributed by atoms with E-state index in [1.165, 1.54) is 5.56 Å². The Bertz CT molecular complexity index is 1020. The number of amides is 1. The number of rotatable bonds is 8. The van der Waals surface area contributed by atoms with Crippen molar-refractivity contribution in [3.8, 4) is 17.1 Å². The third-order valence-corrected chi connectivity index (χ3v) is 5.77. The van der Waals surface area contributed by atoms with Crippen molar-refractivity contribution in [1.82, 2.24) is 20.4 Å². The summed E-state index contributed by atoms with van der Waals surface area (Å²) in [6.07, 6.45) is 1.65. The van der Waals surface area contributed by atoms with E-state index in [-0.39, 0.29) is 11.8 Å². The predicted molar refractivity (Wildman–Crippen MR) is 122 cm³/mol. The average Bonchev–Trinajstić information content (AvgIpc) is 3.27. The van der Waals surface area contributed by atoms with E-state index in [4.69, 9.17) is 9.26 Å². The van der Waals surface area contributed by atoms with Crippen LogP contribution in [-0.4, -0.2) is 40.6 Å². The largest absolute Gasteiger partial charge is 0.494 e. The van der Waals surface area contributed by atoms with Gasteiger partial charge in [0.05, 0.1) is 13.2 Å². The third kappa shape index (κ3) is 5.73. The van der Waals surface area contributed by atoms with Crippen LogP contribution in [0.3, 0.4) is 0 Å². The number of nitrogens with one attached hydrogen (secondary N) is 1. The van der Waals surface area contributed by atoms with Crippen LogP contribution >= 0.6 is 0 Å². The number of piperidine rings is 1. The molecular weight excluding hydrogens is 404 g/mol. The van der Waals surface area contributed by atoms with Gasteiger partial charge in [-0.1, -0.05) is 47.1 Å². The Hall–Kier alpha value is -3.19. The molecule has 0 saturated carbocycles. The van der Waals surface area contributed by atoms with Gasteiger partial charge in [0.15, 0.2) is 0 Å². The summed E-state index contributed by atoms with van der Waals surface area (Å²) in [6.45, 7) is 7.43. The van der Waals surface area contributed by atoms with Gasteiger partial charge in [0.25, 0.3) is 0 Å². The van der Waals surface area contributed by atoms with Gasteiger partial charge in [0.1, 0.15) is 5.75 Å². The van der Waals surface area contributed by atoms with E-state index in [2.05, 4.69) is 27.3 Å². The van der Waals surface area contributed by atoms with Gasteiger partial charge in [-0.15, -0.1) is 0 Å². The second kappa shape index (κ2) is 10.4. The standard InChI is InChI=1S/C25H30N4O3/c1-3-31-22-6-4-5-19(15-22)16-26-25(30)21-11-13-29(14-12-21)17-23-27-24(28-32-23)20-9-7-18(2)8-10-20/h4-10,15,21H,3,11-14,16-17H2,1-2H3,(H,26,30). The minimum absolute atomic E-state index is 0.0344. The summed E-state index contributed by atoms with van der Waals surface area (Å²) in [7, 11) is 0. The molecular formula is C25H30N4O3. The highest BCUT2D eigenvalue weighted by molar-refractivity contribution is 5.78. The van der Waals surface area contributed by atoms with Gasteiger partial charge in [-0.3, -0.25) is 9.69 Å². The molecule has 0 unspecified atom stereocenters. The van der Waals surface area contributed by atoms with Crippen molar-refractivity contribution >= 4 is 5.91 Å². The van der Waals surface area contributed by atoms with Gasteiger partial charge in [-0.25, -0.2) is 0 Å². The number of likely N-dealkylation sites (tertiary alicyclic amines) is 1. The number of aryl methyl sites for hydroxylation is 1. The zero-order valence-electron chi connectivity index (χ0n) is 18.7. The number of carbonyl (C=O) groups is 1. The van der Waals surface area contributed by atoms with Crippen LogP contribution in [0.1, 0.15) is 36.8 Å². The summed E-state index contributed by atoms with van der Waals surface area (Å²) in [6, 6.07) is 15.9. The zero-order chi connectivity index (χ0) is 22.3. The molecule has 1 aliphatic heterocycles. The lowest BCUT2D eigenvalue weighted by molar-refractivity contribution is -0.126. The monoisotopic (exact) mass is 434 g/mol. The molecule has 2 heterocycles. The molecule has 4 rings (SSSR count). The van der Waals surface area contributed by atoms with Crippen LogP contribution in [0.2, 0.25) is 0 Å². The van der Waals surface area contributed by atoms with E-state index >= 15 is 0 Å². The maximum absolute atomic E-state index is 12.6. The molecule has 1 aromatic heterocycles. The highest BCUT2D eigenvalue weighted by Gasteiger charge is 2.26. The number of ether oxygens (including phenoxy) is 1. The lowest BCUT2D eigenvalue weighted by Gasteiger charge is -2.30. The van der Waals surface area contributed by atoms with Crippen molar-refractivity contribution in [3.63, 3.8) is 0 Å². The molecule has 32 heavy (non-hydrogen) atoms. The summed E-state index contributed by atoms with van der Waals surface area (Å²) < 4.78 is 11.0. The van der Waals surface area contributed by atoms with Gasteiger partial charge in [0.2, 0.25) is 17.6 Å². The molecule has 1 fully saturated rings. The van der Waals surface area contributed by atoms with E-state index in [9.17, 15) is 4.79 Å². The normalized spacial score (nSPS) is 14.9. The minimum atomic E-state index is 0.0344. The van der Waals surface area contributed by atoms with Crippen molar-refractivity contribution in [2.75, 3.05) is 19.7 Å². The quantitative estimate of drug-likeness (QED) is 0.578. The third-order valence-electron chi connectivity index (χ3n) is 5.77. The van der Waals surface area contributed by atoms with Gasteiger partial charge in [-0.2, -0.15) is 4.98 Å². The molecule has 1 N–H and O–H groups in total. The lowest BCUT2D eigenvalue weighted by atomic mass is 9.96. The van der Waals surface area contributed by atoms with Crippen molar-refractivity contribution in [3.05, 3.63) is 65.5 Å². The second-order valence-electron chi connectivity index (χ2n) is 8.23. The molecule has 1 saturated heterocycles. The summed E-state index contributed by atoms with van der Waals surface area (Å²) in [5, 5.41) is 7.18. The van der Waals surface area contributed by atoms with E-state index < -0.39 is 0 Å². The Labute approximate surface area is 188 Å². The van der Waals surface area contributed by atoms with Crippen molar-refractivity contribution < 1.29 is 14.1 Å². The molecule has 0 bridgehead atoms. The molecule has 168 valence electrons. The van der Waals surface area contributed by atoms with Crippen LogP contribution in [-0.2, 0) is 17.9 Å². The Balaban J connectivity index is 1.23. The van der Waals surface area contributed by atoms with E-state index in [1.807, 2.05) is 55.5 Å². The second-order valence-corrected chi connectivity index (χ2v) is 8.23. The maximum Gasteiger partial charge on any atom is 0.241 e. The highest BCUT2D eigenvalue weighted by Crippen LogP contribution is 2.21. The predicted octanol–water partition coefficient (Wildman–Crippen LogP) is 3.97. The van der Waals surface area contributed by atoms with E-state index in [1.54, 1.807) is 0 Å². The summed E-state index contributed by atoms with van der Waals surface area (Å²) in [5.41, 5.74) is 3.19. The molecule has 3 aromatic rings. The van der Waals surface area contributed by atoms with E-state index in [0.717, 1.165) is 42.8 Å². The van der Waals surface area contributed by atoms with Gasteiger partial charge in [0, 0.05) is 18.0 Å². The van der Waals surface area contributed by atoms with Crippen LogP contribution in [0.15, 0.2) is 53.1 Å². The highest BCUT2D eigenvalue weighted by atomic mass is 16.5. The molecule has 0 aliphatic carbocycles. The van der Waals surface area contributed by atoms with Crippen LogP contribution in [0, 0.1) is 12.8 Å².